The molecule has 0 spiro atoms. The van der Waals surface area contributed by atoms with E-state index in [0.29, 0.717) is 10.8 Å². The van der Waals surface area contributed by atoms with Gasteiger partial charge in [-0.15, -0.1) is 0 Å². The molecule has 112 valence electrons. The van der Waals surface area contributed by atoms with Crippen LogP contribution in [0.5, 0.6) is 0 Å². The zero-order chi connectivity index (χ0) is 14.1. The summed E-state index contributed by atoms with van der Waals surface area (Å²) in [5, 5.41) is 0. The maximum absolute atomic E-state index is 2.67. The van der Waals surface area contributed by atoms with Gasteiger partial charge in [0.1, 0.15) is 0 Å². The summed E-state index contributed by atoms with van der Waals surface area (Å²) in [5.74, 6) is 4.98. The molecule has 0 nitrogen and oxygen atoms in total. The van der Waals surface area contributed by atoms with Crippen molar-refractivity contribution in [1.82, 2.24) is 0 Å². The smallest absolute Gasteiger partial charge is 0.0167 e. The zero-order valence-corrected chi connectivity index (χ0v) is 13.9. The molecule has 0 aromatic carbocycles. The number of allylic oxidation sites excluding steroid dienone is 2. The van der Waals surface area contributed by atoms with Gasteiger partial charge in [-0.2, -0.15) is 0 Å². The first-order chi connectivity index (χ1) is 9.46. The molecular formula is C20H32. The van der Waals surface area contributed by atoms with E-state index in [1.165, 1.54) is 44.9 Å². The highest BCUT2D eigenvalue weighted by Crippen LogP contribution is 2.70. The average Bonchev–Trinajstić information content (AvgIpc) is 2.77. The second-order valence-corrected chi connectivity index (χ2v) is 9.28. The summed E-state index contributed by atoms with van der Waals surface area (Å²) < 4.78 is 0. The van der Waals surface area contributed by atoms with Crippen LogP contribution in [0.15, 0.2) is 11.6 Å². The molecule has 0 bridgehead atoms. The van der Waals surface area contributed by atoms with Crippen molar-refractivity contribution in [2.24, 2.45) is 40.4 Å². The molecule has 0 radical (unpaired) electrons. The maximum Gasteiger partial charge on any atom is -0.0167 e. The molecule has 0 amide bonds. The van der Waals surface area contributed by atoms with Crippen LogP contribution in [0, 0.1) is 40.4 Å². The van der Waals surface area contributed by atoms with Crippen LogP contribution < -0.4 is 0 Å². The molecule has 4 aliphatic carbocycles. The van der Waals surface area contributed by atoms with Gasteiger partial charge in [-0.25, -0.2) is 0 Å². The van der Waals surface area contributed by atoms with E-state index in [1.54, 1.807) is 5.57 Å². The van der Waals surface area contributed by atoms with Crippen LogP contribution in [0.1, 0.15) is 72.6 Å². The van der Waals surface area contributed by atoms with Crippen molar-refractivity contribution >= 4 is 0 Å². The van der Waals surface area contributed by atoms with E-state index in [0.717, 1.165) is 29.6 Å². The fourth-order valence-corrected chi connectivity index (χ4v) is 7.13. The van der Waals surface area contributed by atoms with E-state index >= 15 is 0 Å². The van der Waals surface area contributed by atoms with Crippen molar-refractivity contribution in [3.8, 4) is 0 Å². The Morgan fingerprint density at radius 3 is 2.65 bits per heavy atom. The van der Waals surface area contributed by atoms with Crippen LogP contribution in [0.25, 0.3) is 0 Å². The van der Waals surface area contributed by atoms with Crippen molar-refractivity contribution in [2.75, 3.05) is 0 Å². The minimum Gasteiger partial charge on any atom is -0.0853 e. The van der Waals surface area contributed by atoms with Crippen LogP contribution in [0.4, 0.5) is 0 Å². The fourth-order valence-electron chi connectivity index (χ4n) is 7.13. The van der Waals surface area contributed by atoms with Crippen molar-refractivity contribution in [3.05, 3.63) is 11.6 Å². The van der Waals surface area contributed by atoms with Gasteiger partial charge in [0.2, 0.25) is 0 Å². The summed E-state index contributed by atoms with van der Waals surface area (Å²) in [6.45, 7) is 10.3. The summed E-state index contributed by atoms with van der Waals surface area (Å²) in [6, 6.07) is 0. The lowest BCUT2D eigenvalue weighted by Gasteiger charge is -2.59. The molecule has 0 saturated heterocycles. The van der Waals surface area contributed by atoms with Crippen molar-refractivity contribution < 1.29 is 0 Å². The Balaban J connectivity index is 1.82. The van der Waals surface area contributed by atoms with E-state index in [2.05, 4.69) is 33.8 Å². The third kappa shape index (κ3) is 1.54. The van der Waals surface area contributed by atoms with Gasteiger partial charge in [0.25, 0.3) is 0 Å². The average molecular weight is 272 g/mol. The Morgan fingerprint density at radius 2 is 1.85 bits per heavy atom. The molecule has 0 heterocycles. The Bertz CT molecular complexity index is 447. The largest absolute Gasteiger partial charge is 0.0853 e. The Hall–Kier alpha value is -0.260. The molecule has 4 rings (SSSR count). The van der Waals surface area contributed by atoms with Gasteiger partial charge in [-0.3, -0.25) is 0 Å². The zero-order valence-electron chi connectivity index (χ0n) is 13.9. The topological polar surface area (TPSA) is 0 Å². The van der Waals surface area contributed by atoms with Crippen molar-refractivity contribution in [3.63, 3.8) is 0 Å². The third-order valence-electron chi connectivity index (χ3n) is 8.55. The van der Waals surface area contributed by atoms with Gasteiger partial charge in [0.05, 0.1) is 0 Å². The van der Waals surface area contributed by atoms with Gasteiger partial charge in [0.15, 0.2) is 0 Å². The Morgan fingerprint density at radius 1 is 1.05 bits per heavy atom. The van der Waals surface area contributed by atoms with Gasteiger partial charge in [0, 0.05) is 0 Å². The van der Waals surface area contributed by atoms with E-state index in [1.807, 2.05) is 0 Å². The normalized spacial score (nSPS) is 57.8. The number of hydrogen-bond donors (Lipinski definition) is 0. The van der Waals surface area contributed by atoms with Crippen LogP contribution in [-0.4, -0.2) is 0 Å². The van der Waals surface area contributed by atoms with E-state index in [4.69, 9.17) is 0 Å². The molecule has 0 aromatic rings. The SMILES string of the molecule is CC1=CCC[C@@]2(C)CC[C@]3(C)C4C2[C@@H]1C[C@@H]4CC[C@H]3C. The standard InChI is InChI=1S/C20H32/c1-13-6-5-9-19(3)10-11-20(4)14(2)7-8-15-12-16(13)18(19)17(15)20/h6,14-18H,5,7-12H2,1-4H3/t14-,15+,16-,17?,18?,19+,20+/m1/s1. The van der Waals surface area contributed by atoms with E-state index in [-0.39, 0.29) is 0 Å². The molecule has 0 aromatic heterocycles. The van der Waals surface area contributed by atoms with E-state index in [9.17, 15) is 0 Å². The summed E-state index contributed by atoms with van der Waals surface area (Å²) in [6.07, 6.45) is 13.0. The highest BCUT2D eigenvalue weighted by atomic mass is 14.7. The molecule has 2 unspecified atom stereocenters. The first-order valence-electron chi connectivity index (χ1n) is 9.12. The van der Waals surface area contributed by atoms with Gasteiger partial charge >= 0.3 is 0 Å². The first kappa shape index (κ1) is 13.4. The highest BCUT2D eigenvalue weighted by molar-refractivity contribution is 5.20. The molecule has 0 aliphatic heterocycles. The lowest BCUT2D eigenvalue weighted by atomic mass is 9.46. The summed E-state index contributed by atoms with van der Waals surface area (Å²) in [5.41, 5.74) is 3.06. The second-order valence-electron chi connectivity index (χ2n) is 9.28. The minimum absolute atomic E-state index is 0.648. The second kappa shape index (κ2) is 4.14. The Labute approximate surface area is 125 Å². The predicted octanol–water partition coefficient (Wildman–Crippen LogP) is 5.83. The molecule has 0 heteroatoms. The quantitative estimate of drug-likeness (QED) is 0.487. The highest BCUT2D eigenvalue weighted by Gasteiger charge is 2.62. The molecule has 3 saturated carbocycles. The van der Waals surface area contributed by atoms with Gasteiger partial charge in [-0.05, 0) is 92.3 Å². The molecule has 3 fully saturated rings. The van der Waals surface area contributed by atoms with Crippen molar-refractivity contribution in [1.29, 1.82) is 0 Å². The summed E-state index contributed by atoms with van der Waals surface area (Å²) in [7, 11) is 0. The lowest BCUT2D eigenvalue weighted by molar-refractivity contribution is -0.0990. The molecular weight excluding hydrogens is 240 g/mol. The monoisotopic (exact) mass is 272 g/mol. The summed E-state index contributed by atoms with van der Waals surface area (Å²) in [4.78, 5) is 0. The fraction of sp³-hybridized carbons (Fsp3) is 0.900. The van der Waals surface area contributed by atoms with Crippen molar-refractivity contribution in [2.45, 2.75) is 72.6 Å². The van der Waals surface area contributed by atoms with Crippen LogP contribution in [0.2, 0.25) is 0 Å². The molecule has 4 aliphatic rings. The number of rotatable bonds is 0. The minimum atomic E-state index is 0.648. The maximum atomic E-state index is 2.67. The van der Waals surface area contributed by atoms with Crippen LogP contribution in [0.3, 0.4) is 0 Å². The Kier molecular flexibility index (Phi) is 2.78. The lowest BCUT2D eigenvalue weighted by Crippen LogP contribution is -2.52. The predicted molar refractivity (Wildman–Crippen MR) is 85.4 cm³/mol. The van der Waals surface area contributed by atoms with Crippen LogP contribution >= 0.6 is 0 Å². The van der Waals surface area contributed by atoms with Gasteiger partial charge in [-0.1, -0.05) is 32.4 Å². The molecule has 0 N–H and O–H groups in total. The molecule has 20 heavy (non-hydrogen) atoms. The third-order valence-corrected chi connectivity index (χ3v) is 8.55. The number of hydrogen-bond acceptors (Lipinski definition) is 0. The van der Waals surface area contributed by atoms with Crippen LogP contribution in [-0.2, 0) is 0 Å². The molecule has 7 atom stereocenters. The van der Waals surface area contributed by atoms with E-state index < -0.39 is 0 Å². The van der Waals surface area contributed by atoms with Gasteiger partial charge < -0.3 is 0 Å². The summed E-state index contributed by atoms with van der Waals surface area (Å²) >= 11 is 0. The first-order valence-corrected chi connectivity index (χ1v) is 9.12.